The van der Waals surface area contributed by atoms with Crippen LogP contribution in [0.25, 0.3) is 0 Å². The molecule has 0 fully saturated rings. The van der Waals surface area contributed by atoms with Gasteiger partial charge < -0.3 is 10.6 Å². The fourth-order valence-corrected chi connectivity index (χ4v) is 2.17. The van der Waals surface area contributed by atoms with Crippen LogP contribution in [0.2, 0.25) is 5.02 Å². The molecular weight excluding hydrogens is 252 g/mol. The Morgan fingerprint density at radius 1 is 1.39 bits per heavy atom. The van der Waals surface area contributed by atoms with Gasteiger partial charge in [-0.3, -0.25) is 9.48 Å². The van der Waals surface area contributed by atoms with Gasteiger partial charge in [0.2, 0.25) is 0 Å². The third-order valence-electron chi connectivity index (χ3n) is 2.86. The van der Waals surface area contributed by atoms with E-state index in [1.165, 1.54) is 0 Å². The topological polar surface area (TPSA) is 59.0 Å². The van der Waals surface area contributed by atoms with Gasteiger partial charge in [-0.05, 0) is 18.2 Å². The smallest absolute Gasteiger partial charge is 0.251 e. The molecule has 1 aliphatic rings. The molecule has 5 nitrogen and oxygen atoms in total. The lowest BCUT2D eigenvalue weighted by atomic mass is 10.1. The Morgan fingerprint density at radius 2 is 2.22 bits per heavy atom. The van der Waals surface area contributed by atoms with Crippen molar-refractivity contribution in [3.05, 3.63) is 41.2 Å². The van der Waals surface area contributed by atoms with Crippen molar-refractivity contribution in [2.45, 2.75) is 6.04 Å². The lowest BCUT2D eigenvalue weighted by molar-refractivity contribution is -0.117. The summed E-state index contributed by atoms with van der Waals surface area (Å²) in [5.74, 6) is -0.0992. The zero-order valence-electron chi connectivity index (χ0n) is 9.64. The first kappa shape index (κ1) is 11.1. The van der Waals surface area contributed by atoms with Crippen LogP contribution >= 0.6 is 11.6 Å². The molecule has 92 valence electrons. The summed E-state index contributed by atoms with van der Waals surface area (Å²) in [5.41, 5.74) is 2.38. The van der Waals surface area contributed by atoms with Gasteiger partial charge in [0.15, 0.2) is 0 Å². The van der Waals surface area contributed by atoms with E-state index in [0.717, 1.165) is 16.9 Å². The number of carbonyl (C=O) groups is 1. The average Bonchev–Trinajstić information content (AvgIpc) is 2.75. The molecule has 1 aromatic carbocycles. The number of hydrogen-bond acceptors (Lipinski definition) is 3. The van der Waals surface area contributed by atoms with Gasteiger partial charge in [0.05, 0.1) is 17.6 Å². The molecule has 2 heterocycles. The number of carbonyl (C=O) groups excluding carboxylic acids is 1. The van der Waals surface area contributed by atoms with Crippen LogP contribution in [0.15, 0.2) is 30.6 Å². The maximum atomic E-state index is 12.0. The standard InChI is InChI=1S/C12H11ClN4O/c1-17-6-7(5-14-17)11-12(18)16-9-3-2-8(13)4-10(9)15-11/h2-6,11,15H,1H3,(H,16,18). The number of nitrogens with one attached hydrogen (secondary N) is 2. The van der Waals surface area contributed by atoms with Gasteiger partial charge in [-0.2, -0.15) is 5.10 Å². The summed E-state index contributed by atoms with van der Waals surface area (Å²) in [6, 6.07) is 4.87. The molecule has 1 aromatic heterocycles. The number of nitrogens with zero attached hydrogens (tertiary/aromatic N) is 2. The zero-order chi connectivity index (χ0) is 12.7. The molecule has 1 unspecified atom stereocenters. The Hall–Kier alpha value is -2.01. The fourth-order valence-electron chi connectivity index (χ4n) is 1.99. The van der Waals surface area contributed by atoms with Gasteiger partial charge in [0.1, 0.15) is 6.04 Å². The SMILES string of the molecule is Cn1cc(C2Nc3cc(Cl)ccc3NC2=O)cn1. The van der Waals surface area contributed by atoms with Crippen molar-refractivity contribution in [3.8, 4) is 0 Å². The summed E-state index contributed by atoms with van der Waals surface area (Å²) in [6.07, 6.45) is 3.49. The Morgan fingerprint density at radius 3 is 2.94 bits per heavy atom. The molecule has 1 atom stereocenters. The molecule has 3 rings (SSSR count). The van der Waals surface area contributed by atoms with Crippen LogP contribution in [-0.4, -0.2) is 15.7 Å². The molecule has 0 aliphatic carbocycles. The first-order valence-electron chi connectivity index (χ1n) is 5.49. The highest BCUT2D eigenvalue weighted by molar-refractivity contribution is 6.31. The second-order valence-electron chi connectivity index (χ2n) is 4.20. The van der Waals surface area contributed by atoms with Gasteiger partial charge in [-0.25, -0.2) is 0 Å². The van der Waals surface area contributed by atoms with Crippen molar-refractivity contribution < 1.29 is 4.79 Å². The molecule has 2 aromatic rings. The summed E-state index contributed by atoms with van der Waals surface area (Å²) in [4.78, 5) is 12.0. The summed E-state index contributed by atoms with van der Waals surface area (Å²) in [7, 11) is 1.81. The van der Waals surface area contributed by atoms with E-state index in [4.69, 9.17) is 11.6 Å². The largest absolute Gasteiger partial charge is 0.368 e. The monoisotopic (exact) mass is 262 g/mol. The van der Waals surface area contributed by atoms with E-state index < -0.39 is 6.04 Å². The van der Waals surface area contributed by atoms with Crippen molar-refractivity contribution in [3.63, 3.8) is 0 Å². The average molecular weight is 263 g/mol. The van der Waals surface area contributed by atoms with Crippen LogP contribution in [0, 0.1) is 0 Å². The number of rotatable bonds is 1. The molecule has 0 saturated carbocycles. The van der Waals surface area contributed by atoms with Gasteiger partial charge >= 0.3 is 0 Å². The number of aryl methyl sites for hydroxylation is 1. The number of fused-ring (bicyclic) bond motifs is 1. The van der Waals surface area contributed by atoms with Crippen LogP contribution in [-0.2, 0) is 11.8 Å². The summed E-state index contributed by atoms with van der Waals surface area (Å²) < 4.78 is 1.66. The Labute approximate surface area is 109 Å². The van der Waals surface area contributed by atoms with E-state index in [1.807, 2.05) is 13.2 Å². The normalized spacial score (nSPS) is 17.9. The third kappa shape index (κ3) is 1.82. The van der Waals surface area contributed by atoms with Gasteiger partial charge in [0.25, 0.3) is 5.91 Å². The molecule has 0 spiro atoms. The third-order valence-corrected chi connectivity index (χ3v) is 3.09. The highest BCUT2D eigenvalue weighted by Gasteiger charge is 2.27. The number of amides is 1. The molecule has 0 bridgehead atoms. The number of hydrogen-bond donors (Lipinski definition) is 2. The van der Waals surface area contributed by atoms with Crippen LogP contribution < -0.4 is 10.6 Å². The van der Waals surface area contributed by atoms with Crippen LogP contribution in [0.3, 0.4) is 0 Å². The molecule has 6 heteroatoms. The predicted octanol–water partition coefficient (Wildman–Crippen LogP) is 2.18. The number of anilines is 2. The maximum absolute atomic E-state index is 12.0. The lowest BCUT2D eigenvalue weighted by Crippen LogP contribution is -2.31. The number of aromatic nitrogens is 2. The molecule has 18 heavy (non-hydrogen) atoms. The molecule has 1 amide bonds. The van der Waals surface area contributed by atoms with E-state index in [2.05, 4.69) is 15.7 Å². The summed E-state index contributed by atoms with van der Waals surface area (Å²) in [6.45, 7) is 0. The molecule has 0 radical (unpaired) electrons. The summed E-state index contributed by atoms with van der Waals surface area (Å²) in [5, 5.41) is 10.7. The van der Waals surface area contributed by atoms with Crippen molar-refractivity contribution in [2.75, 3.05) is 10.6 Å². The van der Waals surface area contributed by atoms with E-state index >= 15 is 0 Å². The van der Waals surface area contributed by atoms with E-state index in [9.17, 15) is 4.79 Å². The number of halogens is 1. The highest BCUT2D eigenvalue weighted by Crippen LogP contribution is 2.33. The predicted molar refractivity (Wildman–Crippen MR) is 69.7 cm³/mol. The van der Waals surface area contributed by atoms with E-state index in [-0.39, 0.29) is 5.91 Å². The molecular formula is C12H11ClN4O. The minimum absolute atomic E-state index is 0.0992. The Balaban J connectivity index is 1.98. The van der Waals surface area contributed by atoms with Gasteiger partial charge in [-0.1, -0.05) is 11.6 Å². The van der Waals surface area contributed by atoms with Crippen molar-refractivity contribution >= 4 is 28.9 Å². The minimum Gasteiger partial charge on any atom is -0.368 e. The molecule has 2 N–H and O–H groups in total. The zero-order valence-corrected chi connectivity index (χ0v) is 10.4. The van der Waals surface area contributed by atoms with Gasteiger partial charge in [-0.15, -0.1) is 0 Å². The highest BCUT2D eigenvalue weighted by atomic mass is 35.5. The lowest BCUT2D eigenvalue weighted by Gasteiger charge is -2.26. The molecule has 1 aliphatic heterocycles. The Bertz CT molecular complexity index is 622. The van der Waals surface area contributed by atoms with Crippen LogP contribution in [0.1, 0.15) is 11.6 Å². The first-order chi connectivity index (χ1) is 8.63. The van der Waals surface area contributed by atoms with Crippen molar-refractivity contribution in [1.82, 2.24) is 9.78 Å². The fraction of sp³-hybridized carbons (Fsp3) is 0.167. The van der Waals surface area contributed by atoms with Crippen molar-refractivity contribution in [2.24, 2.45) is 7.05 Å². The second kappa shape index (κ2) is 4.03. The van der Waals surface area contributed by atoms with E-state index in [0.29, 0.717) is 5.02 Å². The van der Waals surface area contributed by atoms with Gasteiger partial charge in [0, 0.05) is 23.8 Å². The maximum Gasteiger partial charge on any atom is 0.251 e. The van der Waals surface area contributed by atoms with E-state index in [1.54, 1.807) is 29.1 Å². The quantitative estimate of drug-likeness (QED) is 0.828. The first-order valence-corrected chi connectivity index (χ1v) is 5.87. The molecule has 0 saturated heterocycles. The Kier molecular flexibility index (Phi) is 2.48. The minimum atomic E-state index is -0.440. The summed E-state index contributed by atoms with van der Waals surface area (Å²) >= 11 is 5.94. The van der Waals surface area contributed by atoms with Crippen molar-refractivity contribution in [1.29, 1.82) is 0 Å². The van der Waals surface area contributed by atoms with Crippen LogP contribution in [0.5, 0.6) is 0 Å². The second-order valence-corrected chi connectivity index (χ2v) is 4.64. The number of benzene rings is 1. The van der Waals surface area contributed by atoms with Crippen LogP contribution in [0.4, 0.5) is 11.4 Å².